The van der Waals surface area contributed by atoms with E-state index >= 15 is 0 Å². The Hall–Kier alpha value is -3.99. The van der Waals surface area contributed by atoms with E-state index in [0.29, 0.717) is 29.3 Å². The lowest BCUT2D eigenvalue weighted by Gasteiger charge is -2.11. The predicted molar refractivity (Wildman–Crippen MR) is 125 cm³/mol. The van der Waals surface area contributed by atoms with Crippen molar-refractivity contribution in [3.63, 3.8) is 0 Å². The van der Waals surface area contributed by atoms with E-state index in [9.17, 15) is 9.59 Å². The maximum atomic E-state index is 13.1. The molecule has 0 aliphatic heterocycles. The largest absolute Gasteiger partial charge is 0.432 e. The number of aromatic nitrogens is 5. The van der Waals surface area contributed by atoms with Crippen molar-refractivity contribution < 1.29 is 13.9 Å². The van der Waals surface area contributed by atoms with E-state index in [-0.39, 0.29) is 35.1 Å². The Kier molecular flexibility index (Phi) is 5.84. The van der Waals surface area contributed by atoms with Crippen LogP contribution in [0.1, 0.15) is 36.0 Å². The summed E-state index contributed by atoms with van der Waals surface area (Å²) in [6, 6.07) is 5.23. The third kappa shape index (κ3) is 4.05. The molecule has 0 unspecified atom stereocenters. The van der Waals surface area contributed by atoms with Crippen LogP contribution in [-0.4, -0.2) is 50.2 Å². The number of anilines is 3. The van der Waals surface area contributed by atoms with Gasteiger partial charge in [-0.25, -0.2) is 14.5 Å². The normalized spacial score (nSPS) is 17.8. The van der Waals surface area contributed by atoms with Gasteiger partial charge in [0.05, 0.1) is 24.1 Å². The fraction of sp³-hybridized carbons (Fsp3) is 0.348. The lowest BCUT2D eigenvalue weighted by atomic mass is 9.98. The molecule has 4 aromatic heterocycles. The number of Topliss-reactive ketones (excluding diaryl/α,β-unsaturated/α-hetero) is 1. The number of pyridine rings is 1. The van der Waals surface area contributed by atoms with Crippen LogP contribution in [0.4, 0.5) is 17.3 Å². The Morgan fingerprint density at radius 2 is 2.24 bits per heavy atom. The highest BCUT2D eigenvalue weighted by Crippen LogP contribution is 2.31. The maximum absolute atomic E-state index is 13.1. The van der Waals surface area contributed by atoms with Gasteiger partial charge in [-0.05, 0) is 37.3 Å². The van der Waals surface area contributed by atoms with Crippen molar-refractivity contribution in [2.75, 3.05) is 24.8 Å². The van der Waals surface area contributed by atoms with E-state index in [1.165, 1.54) is 17.0 Å². The van der Waals surface area contributed by atoms with Gasteiger partial charge >= 0.3 is 6.01 Å². The summed E-state index contributed by atoms with van der Waals surface area (Å²) in [4.78, 5) is 34.7. The molecule has 0 amide bonds. The Morgan fingerprint density at radius 1 is 1.35 bits per heavy atom. The Morgan fingerprint density at radius 3 is 2.97 bits per heavy atom. The summed E-state index contributed by atoms with van der Waals surface area (Å²) in [6.07, 6.45) is 9.46. The van der Waals surface area contributed by atoms with Crippen molar-refractivity contribution in [2.45, 2.75) is 31.8 Å². The van der Waals surface area contributed by atoms with Crippen molar-refractivity contribution in [2.24, 2.45) is 5.92 Å². The number of nitrogens with one attached hydrogen (secondary N) is 2. The summed E-state index contributed by atoms with van der Waals surface area (Å²) in [5.41, 5.74) is 0.802. The standard InChI is InChI=1S/C23H25N7O4/c1-24-20-12-19(27-17-4-3-8-29(22(17)32)23-25-7-9-34-23)28-21-16(13-26-30(20)21)18(31)11-14-5-6-15(10-14)33-2/h3-4,7-9,12-15,24H,5-6,10-11H2,1-2H3,(H,27,28)/t14-,15-/m0/s1. The average molecular weight is 463 g/mol. The Labute approximate surface area is 194 Å². The summed E-state index contributed by atoms with van der Waals surface area (Å²) in [5.74, 6) is 1.30. The first-order chi connectivity index (χ1) is 16.6. The van der Waals surface area contributed by atoms with Crippen LogP contribution in [0.25, 0.3) is 11.7 Å². The van der Waals surface area contributed by atoms with Crippen molar-refractivity contribution in [1.29, 1.82) is 0 Å². The van der Waals surface area contributed by atoms with Gasteiger partial charge in [-0.15, -0.1) is 0 Å². The molecule has 1 aliphatic rings. The van der Waals surface area contributed by atoms with Crippen molar-refractivity contribution in [3.8, 4) is 6.01 Å². The van der Waals surface area contributed by atoms with Crippen molar-refractivity contribution >= 4 is 28.8 Å². The number of carbonyl (C=O) groups is 1. The zero-order valence-electron chi connectivity index (χ0n) is 18.9. The number of hydrogen-bond acceptors (Lipinski definition) is 9. The second-order valence-corrected chi connectivity index (χ2v) is 8.27. The van der Waals surface area contributed by atoms with Gasteiger partial charge in [-0.1, -0.05) is 0 Å². The Bertz CT molecular complexity index is 1380. The van der Waals surface area contributed by atoms with Gasteiger partial charge in [0, 0.05) is 32.8 Å². The molecule has 4 aromatic rings. The minimum atomic E-state index is -0.351. The lowest BCUT2D eigenvalue weighted by molar-refractivity contribution is 0.0931. The van der Waals surface area contributed by atoms with E-state index in [4.69, 9.17) is 9.15 Å². The molecular formula is C23H25N7O4. The lowest BCUT2D eigenvalue weighted by Crippen LogP contribution is -2.20. The number of ketones is 1. The number of fused-ring (bicyclic) bond motifs is 1. The molecule has 5 rings (SSSR count). The molecule has 176 valence electrons. The fourth-order valence-corrected chi connectivity index (χ4v) is 4.42. The molecule has 1 aliphatic carbocycles. The molecule has 2 atom stereocenters. The van der Waals surface area contributed by atoms with E-state index in [0.717, 1.165) is 19.3 Å². The van der Waals surface area contributed by atoms with Crippen LogP contribution in [0.15, 0.2) is 52.3 Å². The highest BCUT2D eigenvalue weighted by molar-refractivity contribution is 6.01. The van der Waals surface area contributed by atoms with Crippen LogP contribution in [0.2, 0.25) is 0 Å². The minimum absolute atomic E-state index is 0.00517. The second-order valence-electron chi connectivity index (χ2n) is 8.27. The smallest absolute Gasteiger partial charge is 0.308 e. The van der Waals surface area contributed by atoms with Gasteiger partial charge in [0.1, 0.15) is 23.6 Å². The molecule has 11 nitrogen and oxygen atoms in total. The van der Waals surface area contributed by atoms with E-state index in [2.05, 4.69) is 25.7 Å². The summed E-state index contributed by atoms with van der Waals surface area (Å²) < 4.78 is 13.6. The monoisotopic (exact) mass is 463 g/mol. The summed E-state index contributed by atoms with van der Waals surface area (Å²) >= 11 is 0. The van der Waals surface area contributed by atoms with E-state index in [1.54, 1.807) is 49.3 Å². The van der Waals surface area contributed by atoms with Crippen LogP contribution in [-0.2, 0) is 4.74 Å². The van der Waals surface area contributed by atoms with Crippen LogP contribution in [0.3, 0.4) is 0 Å². The number of ether oxygens (including phenoxy) is 1. The molecule has 1 saturated carbocycles. The van der Waals surface area contributed by atoms with Gasteiger partial charge in [-0.3, -0.25) is 9.59 Å². The molecule has 0 aromatic carbocycles. The Balaban J connectivity index is 1.46. The molecular weight excluding hydrogens is 438 g/mol. The average Bonchev–Trinajstić information content (AvgIpc) is 3.60. The molecule has 2 N–H and O–H groups in total. The van der Waals surface area contributed by atoms with Gasteiger partial charge in [0.15, 0.2) is 11.4 Å². The predicted octanol–water partition coefficient (Wildman–Crippen LogP) is 3.04. The molecule has 0 saturated heterocycles. The first-order valence-electron chi connectivity index (χ1n) is 11.1. The third-order valence-electron chi connectivity index (χ3n) is 6.16. The first-order valence-corrected chi connectivity index (χ1v) is 11.1. The molecule has 34 heavy (non-hydrogen) atoms. The topological polar surface area (TPSA) is 129 Å². The number of nitrogens with zero attached hydrogens (tertiary/aromatic N) is 5. The van der Waals surface area contributed by atoms with Gasteiger partial charge in [-0.2, -0.15) is 9.61 Å². The van der Waals surface area contributed by atoms with Crippen LogP contribution in [0, 0.1) is 5.92 Å². The highest BCUT2D eigenvalue weighted by Gasteiger charge is 2.28. The van der Waals surface area contributed by atoms with Gasteiger partial charge < -0.3 is 19.8 Å². The molecule has 0 radical (unpaired) electrons. The van der Waals surface area contributed by atoms with Crippen molar-refractivity contribution in [3.05, 3.63) is 59.0 Å². The van der Waals surface area contributed by atoms with Gasteiger partial charge in [0.2, 0.25) is 0 Å². The quantitative estimate of drug-likeness (QED) is 0.379. The fourth-order valence-electron chi connectivity index (χ4n) is 4.42. The summed E-state index contributed by atoms with van der Waals surface area (Å²) in [6.45, 7) is 0. The van der Waals surface area contributed by atoms with E-state index in [1.807, 2.05) is 0 Å². The number of carbonyl (C=O) groups excluding carboxylic acids is 1. The van der Waals surface area contributed by atoms with Gasteiger partial charge in [0.25, 0.3) is 5.56 Å². The summed E-state index contributed by atoms with van der Waals surface area (Å²) in [7, 11) is 3.47. The number of methoxy groups -OCH3 is 1. The SMILES string of the molecule is CNc1cc(Nc2cccn(-c3ncco3)c2=O)nc2c(C(=O)C[C@H]3CC[C@H](OC)C3)cnn12. The van der Waals surface area contributed by atoms with E-state index < -0.39 is 0 Å². The zero-order chi connectivity index (χ0) is 23.7. The van der Waals surface area contributed by atoms with Crippen LogP contribution >= 0.6 is 0 Å². The zero-order valence-corrected chi connectivity index (χ0v) is 18.9. The van der Waals surface area contributed by atoms with Crippen molar-refractivity contribution in [1.82, 2.24) is 24.1 Å². The van der Waals surface area contributed by atoms with Crippen LogP contribution < -0.4 is 16.2 Å². The number of oxazole rings is 1. The molecule has 4 heterocycles. The number of hydrogen-bond donors (Lipinski definition) is 2. The minimum Gasteiger partial charge on any atom is -0.432 e. The maximum Gasteiger partial charge on any atom is 0.308 e. The highest BCUT2D eigenvalue weighted by atomic mass is 16.5. The first kappa shape index (κ1) is 21.8. The van der Waals surface area contributed by atoms with Crippen LogP contribution in [0.5, 0.6) is 0 Å². The molecule has 0 bridgehead atoms. The second kappa shape index (κ2) is 9.10. The summed E-state index contributed by atoms with van der Waals surface area (Å²) in [5, 5.41) is 10.5. The third-order valence-corrected chi connectivity index (χ3v) is 6.16. The molecule has 0 spiro atoms. The number of rotatable bonds is 8. The molecule has 11 heteroatoms. The molecule has 1 fully saturated rings.